The average molecular weight is 275 g/mol. The molecule has 0 amide bonds. The normalized spacial score (nSPS) is 13.0. The highest BCUT2D eigenvalue weighted by Gasteiger charge is 2.02. The summed E-state index contributed by atoms with van der Waals surface area (Å²) >= 11 is 2.36. The van der Waals surface area contributed by atoms with Gasteiger partial charge in [0.15, 0.2) is 0 Å². The third-order valence-corrected chi connectivity index (χ3v) is 3.33. The van der Waals surface area contributed by atoms with Crippen LogP contribution >= 0.6 is 22.6 Å². The second-order valence-corrected chi connectivity index (χ2v) is 4.18. The zero-order valence-electron chi connectivity index (χ0n) is 7.69. The zero-order chi connectivity index (χ0) is 9.14. The molecule has 0 heterocycles. The fourth-order valence-electron chi connectivity index (χ4n) is 1.10. The molecule has 1 unspecified atom stereocenters. The van der Waals surface area contributed by atoms with Gasteiger partial charge in [0.25, 0.3) is 0 Å². The molecule has 66 valence electrons. The smallest absolute Gasteiger partial charge is 0.0289 e. The van der Waals surface area contributed by atoms with Crippen molar-refractivity contribution < 1.29 is 0 Å². The molecule has 1 aromatic rings. The van der Waals surface area contributed by atoms with E-state index in [1.54, 1.807) is 0 Å². The quantitative estimate of drug-likeness (QED) is 0.818. The second kappa shape index (κ2) is 4.23. The fourth-order valence-corrected chi connectivity index (χ4v) is 1.44. The summed E-state index contributed by atoms with van der Waals surface area (Å²) in [4.78, 5) is 0. The van der Waals surface area contributed by atoms with E-state index in [4.69, 9.17) is 0 Å². The van der Waals surface area contributed by atoms with Gasteiger partial charge in [0.05, 0.1) is 0 Å². The number of benzene rings is 1. The number of aryl methyl sites for hydroxylation is 1. The number of nitrogens with one attached hydrogen (secondary N) is 1. The second-order valence-electron chi connectivity index (χ2n) is 3.02. The van der Waals surface area contributed by atoms with Crippen molar-refractivity contribution in [3.63, 3.8) is 0 Å². The maximum Gasteiger partial charge on any atom is 0.0289 e. The van der Waals surface area contributed by atoms with Gasteiger partial charge >= 0.3 is 0 Å². The van der Waals surface area contributed by atoms with Crippen molar-refractivity contribution >= 4 is 22.6 Å². The van der Waals surface area contributed by atoms with Crippen LogP contribution in [0.25, 0.3) is 0 Å². The van der Waals surface area contributed by atoms with Crippen molar-refractivity contribution in [1.29, 1.82) is 0 Å². The Bertz CT molecular complexity index is 271. The highest BCUT2D eigenvalue weighted by atomic mass is 127. The Morgan fingerprint density at radius 1 is 1.42 bits per heavy atom. The van der Waals surface area contributed by atoms with Gasteiger partial charge in [-0.05, 0) is 60.7 Å². The summed E-state index contributed by atoms with van der Waals surface area (Å²) in [7, 11) is 1.98. The molecule has 0 spiro atoms. The minimum atomic E-state index is 0.445. The van der Waals surface area contributed by atoms with E-state index >= 15 is 0 Å². The predicted octanol–water partition coefficient (Wildman–Crippen LogP) is 2.88. The molecule has 0 fully saturated rings. The lowest BCUT2D eigenvalue weighted by atomic mass is 10.1. The van der Waals surface area contributed by atoms with E-state index in [1.165, 1.54) is 14.7 Å². The van der Waals surface area contributed by atoms with Gasteiger partial charge < -0.3 is 5.32 Å². The molecule has 0 saturated heterocycles. The van der Waals surface area contributed by atoms with Crippen LogP contribution in [0.15, 0.2) is 18.2 Å². The lowest BCUT2D eigenvalue weighted by Gasteiger charge is -2.11. The molecule has 1 N–H and O–H groups in total. The van der Waals surface area contributed by atoms with E-state index in [1.807, 2.05) is 7.05 Å². The van der Waals surface area contributed by atoms with Gasteiger partial charge in [0.1, 0.15) is 0 Å². The predicted molar refractivity (Wildman–Crippen MR) is 61.4 cm³/mol. The first-order valence-electron chi connectivity index (χ1n) is 4.08. The van der Waals surface area contributed by atoms with Crippen LogP contribution in [0.2, 0.25) is 0 Å². The van der Waals surface area contributed by atoms with Gasteiger partial charge in [0.2, 0.25) is 0 Å². The molecule has 0 bridgehead atoms. The number of hydrogen-bond donors (Lipinski definition) is 1. The van der Waals surface area contributed by atoms with E-state index in [-0.39, 0.29) is 0 Å². The average Bonchev–Trinajstić information content (AvgIpc) is 2.08. The summed E-state index contributed by atoms with van der Waals surface area (Å²) in [6, 6.07) is 7.03. The molecule has 12 heavy (non-hydrogen) atoms. The topological polar surface area (TPSA) is 12.0 Å². The summed E-state index contributed by atoms with van der Waals surface area (Å²) in [6.45, 7) is 4.31. The molecule has 2 heteroatoms. The van der Waals surface area contributed by atoms with Crippen LogP contribution < -0.4 is 5.32 Å². The van der Waals surface area contributed by atoms with E-state index in [9.17, 15) is 0 Å². The number of rotatable bonds is 2. The molecule has 0 saturated carbocycles. The van der Waals surface area contributed by atoms with Crippen LogP contribution in [0, 0.1) is 10.5 Å². The largest absolute Gasteiger partial charge is 0.313 e. The standard InChI is InChI=1S/C10H14IN/c1-7-6-9(8(2)12-3)4-5-10(7)11/h4-6,8,12H,1-3H3. The summed E-state index contributed by atoms with van der Waals surface area (Å²) in [5.74, 6) is 0. The minimum absolute atomic E-state index is 0.445. The van der Waals surface area contributed by atoms with Crippen molar-refractivity contribution in [2.24, 2.45) is 0 Å². The summed E-state index contributed by atoms with van der Waals surface area (Å²) in [6.07, 6.45) is 0. The number of hydrogen-bond acceptors (Lipinski definition) is 1. The van der Waals surface area contributed by atoms with Gasteiger partial charge in [0, 0.05) is 9.61 Å². The van der Waals surface area contributed by atoms with Gasteiger partial charge in [-0.25, -0.2) is 0 Å². The highest BCUT2D eigenvalue weighted by molar-refractivity contribution is 14.1. The Morgan fingerprint density at radius 2 is 2.08 bits per heavy atom. The summed E-state index contributed by atoms with van der Waals surface area (Å²) in [5, 5.41) is 3.23. The zero-order valence-corrected chi connectivity index (χ0v) is 9.84. The molecular formula is C10H14IN. The van der Waals surface area contributed by atoms with Crippen LogP contribution in [-0.2, 0) is 0 Å². The molecule has 0 aliphatic heterocycles. The Balaban J connectivity index is 2.96. The summed E-state index contributed by atoms with van der Waals surface area (Å²) < 4.78 is 1.33. The first-order chi connectivity index (χ1) is 5.65. The molecule has 1 rings (SSSR count). The first kappa shape index (κ1) is 9.99. The molecule has 0 aliphatic rings. The first-order valence-corrected chi connectivity index (χ1v) is 5.16. The highest BCUT2D eigenvalue weighted by Crippen LogP contribution is 2.17. The van der Waals surface area contributed by atoms with Crippen molar-refractivity contribution in [3.8, 4) is 0 Å². The molecule has 0 aliphatic carbocycles. The Hall–Kier alpha value is -0.0900. The Kier molecular flexibility index (Phi) is 3.53. The Morgan fingerprint density at radius 3 is 2.58 bits per heavy atom. The minimum Gasteiger partial charge on any atom is -0.313 e. The van der Waals surface area contributed by atoms with E-state index < -0.39 is 0 Å². The van der Waals surface area contributed by atoms with E-state index in [2.05, 4.69) is 60.0 Å². The van der Waals surface area contributed by atoms with Gasteiger partial charge in [-0.15, -0.1) is 0 Å². The molecular weight excluding hydrogens is 261 g/mol. The van der Waals surface area contributed by atoms with Gasteiger partial charge in [-0.3, -0.25) is 0 Å². The number of halogens is 1. The maximum absolute atomic E-state index is 3.23. The maximum atomic E-state index is 3.23. The van der Waals surface area contributed by atoms with E-state index in [0.29, 0.717) is 6.04 Å². The van der Waals surface area contributed by atoms with Crippen LogP contribution in [0.1, 0.15) is 24.1 Å². The van der Waals surface area contributed by atoms with Crippen molar-refractivity contribution in [2.45, 2.75) is 19.9 Å². The molecule has 1 atom stereocenters. The fraction of sp³-hybridized carbons (Fsp3) is 0.400. The third-order valence-electron chi connectivity index (χ3n) is 2.12. The molecule has 1 nitrogen and oxygen atoms in total. The van der Waals surface area contributed by atoms with Crippen LogP contribution in [0.4, 0.5) is 0 Å². The monoisotopic (exact) mass is 275 g/mol. The van der Waals surface area contributed by atoms with E-state index in [0.717, 1.165) is 0 Å². The van der Waals surface area contributed by atoms with Crippen molar-refractivity contribution in [1.82, 2.24) is 5.32 Å². The van der Waals surface area contributed by atoms with Crippen LogP contribution in [0.3, 0.4) is 0 Å². The lowest BCUT2D eigenvalue weighted by Crippen LogP contribution is -2.12. The van der Waals surface area contributed by atoms with Gasteiger partial charge in [-0.1, -0.05) is 12.1 Å². The van der Waals surface area contributed by atoms with Gasteiger partial charge in [-0.2, -0.15) is 0 Å². The Labute approximate surface area is 87.7 Å². The molecule has 1 aromatic carbocycles. The van der Waals surface area contributed by atoms with Crippen molar-refractivity contribution in [2.75, 3.05) is 7.05 Å². The molecule has 0 aromatic heterocycles. The molecule has 0 radical (unpaired) electrons. The van der Waals surface area contributed by atoms with Crippen LogP contribution in [-0.4, -0.2) is 7.05 Å². The van der Waals surface area contributed by atoms with Crippen LogP contribution in [0.5, 0.6) is 0 Å². The lowest BCUT2D eigenvalue weighted by molar-refractivity contribution is 0.651. The summed E-state index contributed by atoms with van der Waals surface area (Å²) in [5.41, 5.74) is 2.71. The third kappa shape index (κ3) is 2.20. The SMILES string of the molecule is CNC(C)c1ccc(I)c(C)c1. The van der Waals surface area contributed by atoms with Crippen molar-refractivity contribution in [3.05, 3.63) is 32.9 Å².